The number of nitrogens with zero attached hydrogens (tertiary/aromatic N) is 1. The summed E-state index contributed by atoms with van der Waals surface area (Å²) in [5.41, 5.74) is -0.998. The van der Waals surface area contributed by atoms with Crippen LogP contribution in [0.25, 0.3) is 0 Å². The van der Waals surface area contributed by atoms with Crippen molar-refractivity contribution in [3.8, 4) is 0 Å². The van der Waals surface area contributed by atoms with Gasteiger partial charge in [-0.15, -0.1) is 0 Å². The molecule has 0 aliphatic carbocycles. The fourth-order valence-corrected chi connectivity index (χ4v) is 1.61. The Morgan fingerprint density at radius 1 is 1.15 bits per heavy atom. The Balaban J connectivity index is 5.63. The molecule has 0 saturated carbocycles. The van der Waals surface area contributed by atoms with Crippen LogP contribution in [0.2, 0.25) is 0 Å². The third-order valence-corrected chi connectivity index (χ3v) is 2.47. The SMILES string of the molecule is CCOC(=O)/C(=C/N(C(C)C)C(C)C)C(=O)C(F)(F)F. The maximum atomic E-state index is 12.5. The standard InChI is InChI=1S/C13H20F3NO3/c1-6-20-12(19)10(11(18)13(14,15)16)7-17(8(2)3)9(4)5/h7-9H,6H2,1-5H3/b10-7+. The summed E-state index contributed by atoms with van der Waals surface area (Å²) >= 11 is 0. The molecule has 0 heterocycles. The number of Topliss-reactive ketones (excluding diaryl/α,β-unsaturated/α-hetero) is 1. The fraction of sp³-hybridized carbons (Fsp3) is 0.692. The Kier molecular flexibility index (Phi) is 6.75. The summed E-state index contributed by atoms with van der Waals surface area (Å²) in [5, 5.41) is 0. The molecule has 0 unspecified atom stereocenters. The van der Waals surface area contributed by atoms with Crippen molar-refractivity contribution in [1.82, 2.24) is 4.90 Å². The van der Waals surface area contributed by atoms with E-state index >= 15 is 0 Å². The molecule has 116 valence electrons. The molecule has 0 amide bonds. The molecule has 0 rings (SSSR count). The Labute approximate surface area is 116 Å². The second-order valence-electron chi connectivity index (χ2n) is 4.72. The molecule has 0 atom stereocenters. The van der Waals surface area contributed by atoms with E-state index in [1.165, 1.54) is 11.8 Å². The minimum Gasteiger partial charge on any atom is -0.462 e. The van der Waals surface area contributed by atoms with Crippen molar-refractivity contribution in [1.29, 1.82) is 0 Å². The lowest BCUT2D eigenvalue weighted by molar-refractivity contribution is -0.168. The van der Waals surface area contributed by atoms with E-state index in [-0.39, 0.29) is 18.7 Å². The smallest absolute Gasteiger partial charge is 0.455 e. The number of hydrogen-bond acceptors (Lipinski definition) is 4. The van der Waals surface area contributed by atoms with E-state index in [1.54, 1.807) is 27.7 Å². The summed E-state index contributed by atoms with van der Waals surface area (Å²) in [7, 11) is 0. The van der Waals surface area contributed by atoms with Crippen molar-refractivity contribution < 1.29 is 27.5 Å². The fourth-order valence-electron chi connectivity index (χ4n) is 1.61. The first-order valence-corrected chi connectivity index (χ1v) is 6.30. The first-order valence-electron chi connectivity index (χ1n) is 6.30. The highest BCUT2D eigenvalue weighted by atomic mass is 19.4. The lowest BCUT2D eigenvalue weighted by Crippen LogP contribution is -2.36. The topological polar surface area (TPSA) is 46.6 Å². The summed E-state index contributed by atoms with van der Waals surface area (Å²) < 4.78 is 42.1. The van der Waals surface area contributed by atoms with Crippen LogP contribution < -0.4 is 0 Å². The van der Waals surface area contributed by atoms with Crippen LogP contribution >= 0.6 is 0 Å². The number of carbonyl (C=O) groups is 2. The zero-order chi connectivity index (χ0) is 16.1. The van der Waals surface area contributed by atoms with Gasteiger partial charge in [-0.3, -0.25) is 4.79 Å². The van der Waals surface area contributed by atoms with E-state index < -0.39 is 23.5 Å². The molecule has 0 aromatic heterocycles. The number of halogens is 3. The van der Waals surface area contributed by atoms with E-state index in [1.807, 2.05) is 0 Å². The highest BCUT2D eigenvalue weighted by Crippen LogP contribution is 2.22. The highest BCUT2D eigenvalue weighted by molar-refractivity contribution is 6.19. The van der Waals surface area contributed by atoms with Crippen molar-refractivity contribution in [2.45, 2.75) is 52.9 Å². The molecule has 0 radical (unpaired) electrons. The summed E-state index contributed by atoms with van der Waals surface area (Å²) in [6, 6.07) is -0.332. The van der Waals surface area contributed by atoms with E-state index in [0.29, 0.717) is 0 Å². The van der Waals surface area contributed by atoms with Crippen LogP contribution in [0.4, 0.5) is 13.2 Å². The predicted octanol–water partition coefficient (Wildman–Crippen LogP) is 2.68. The van der Waals surface area contributed by atoms with Gasteiger partial charge in [0, 0.05) is 18.3 Å². The van der Waals surface area contributed by atoms with Gasteiger partial charge in [-0.05, 0) is 34.6 Å². The average Bonchev–Trinajstić information content (AvgIpc) is 2.27. The van der Waals surface area contributed by atoms with Crippen LogP contribution in [0, 0.1) is 0 Å². The molecule has 0 aromatic rings. The molecule has 0 aliphatic rings. The molecular formula is C13H20F3NO3. The number of rotatable bonds is 6. The second-order valence-corrected chi connectivity index (χ2v) is 4.72. The van der Waals surface area contributed by atoms with Gasteiger partial charge in [-0.1, -0.05) is 0 Å². The third-order valence-electron chi connectivity index (χ3n) is 2.47. The number of esters is 1. The molecular weight excluding hydrogens is 275 g/mol. The number of alkyl halides is 3. The highest BCUT2D eigenvalue weighted by Gasteiger charge is 2.44. The Bertz CT molecular complexity index is 379. The number of ketones is 1. The maximum Gasteiger partial charge on any atom is 0.455 e. The molecule has 0 bridgehead atoms. The van der Waals surface area contributed by atoms with Gasteiger partial charge >= 0.3 is 12.1 Å². The number of carbonyl (C=O) groups excluding carboxylic acids is 2. The summed E-state index contributed by atoms with van der Waals surface area (Å²) in [6.07, 6.45) is -4.18. The molecule has 0 saturated heterocycles. The molecule has 0 N–H and O–H groups in total. The molecule has 0 fully saturated rings. The molecule has 0 aromatic carbocycles. The van der Waals surface area contributed by atoms with E-state index in [2.05, 4.69) is 4.74 Å². The first-order chi connectivity index (χ1) is 9.02. The Hall–Kier alpha value is -1.53. The van der Waals surface area contributed by atoms with Crippen molar-refractivity contribution in [2.75, 3.05) is 6.61 Å². The summed E-state index contributed by atoms with van der Waals surface area (Å²) in [4.78, 5) is 24.4. The number of hydrogen-bond donors (Lipinski definition) is 0. The lowest BCUT2D eigenvalue weighted by Gasteiger charge is -2.30. The van der Waals surface area contributed by atoms with Gasteiger partial charge in [0.05, 0.1) is 6.61 Å². The molecule has 4 nitrogen and oxygen atoms in total. The van der Waals surface area contributed by atoms with Gasteiger partial charge < -0.3 is 9.64 Å². The van der Waals surface area contributed by atoms with Crippen LogP contribution in [0.5, 0.6) is 0 Å². The normalized spacial score (nSPS) is 12.8. The zero-order valence-electron chi connectivity index (χ0n) is 12.2. The zero-order valence-corrected chi connectivity index (χ0v) is 12.2. The molecule has 7 heteroatoms. The minimum atomic E-state index is -5.11. The molecule has 0 spiro atoms. The first kappa shape index (κ1) is 18.5. The van der Waals surface area contributed by atoms with Gasteiger partial charge in [-0.25, -0.2) is 4.79 Å². The van der Waals surface area contributed by atoms with Crippen molar-refractivity contribution in [2.24, 2.45) is 0 Å². The average molecular weight is 295 g/mol. The second kappa shape index (κ2) is 7.31. The third kappa shape index (κ3) is 5.22. The van der Waals surface area contributed by atoms with E-state index in [4.69, 9.17) is 0 Å². The van der Waals surface area contributed by atoms with Crippen molar-refractivity contribution in [3.63, 3.8) is 0 Å². The van der Waals surface area contributed by atoms with Crippen LogP contribution in [-0.2, 0) is 14.3 Å². The van der Waals surface area contributed by atoms with Crippen LogP contribution in [0.3, 0.4) is 0 Å². The van der Waals surface area contributed by atoms with Gasteiger partial charge in [0.1, 0.15) is 5.57 Å². The largest absolute Gasteiger partial charge is 0.462 e. The van der Waals surface area contributed by atoms with E-state index in [0.717, 1.165) is 6.20 Å². The van der Waals surface area contributed by atoms with Crippen molar-refractivity contribution in [3.05, 3.63) is 11.8 Å². The Morgan fingerprint density at radius 2 is 1.60 bits per heavy atom. The van der Waals surface area contributed by atoms with Gasteiger partial charge in [0.15, 0.2) is 0 Å². The van der Waals surface area contributed by atoms with E-state index in [9.17, 15) is 22.8 Å². The maximum absolute atomic E-state index is 12.5. The quantitative estimate of drug-likeness (QED) is 0.327. The lowest BCUT2D eigenvalue weighted by atomic mass is 10.1. The monoisotopic (exact) mass is 295 g/mol. The summed E-state index contributed by atoms with van der Waals surface area (Å²) in [6.45, 7) is 8.34. The van der Waals surface area contributed by atoms with Crippen molar-refractivity contribution >= 4 is 11.8 Å². The molecule has 20 heavy (non-hydrogen) atoms. The van der Waals surface area contributed by atoms with Gasteiger partial charge in [0.2, 0.25) is 0 Å². The minimum absolute atomic E-state index is 0.106. The molecule has 0 aliphatic heterocycles. The summed E-state index contributed by atoms with van der Waals surface area (Å²) in [5.74, 6) is -3.46. The van der Waals surface area contributed by atoms with Gasteiger partial charge in [-0.2, -0.15) is 13.2 Å². The predicted molar refractivity (Wildman–Crippen MR) is 67.9 cm³/mol. The number of ether oxygens (including phenoxy) is 1. The van der Waals surface area contributed by atoms with Crippen LogP contribution in [0.1, 0.15) is 34.6 Å². The Morgan fingerprint density at radius 3 is 1.90 bits per heavy atom. The van der Waals surface area contributed by atoms with Crippen LogP contribution in [-0.4, -0.2) is 41.5 Å². The van der Waals surface area contributed by atoms with Crippen LogP contribution in [0.15, 0.2) is 11.8 Å². The van der Waals surface area contributed by atoms with Gasteiger partial charge in [0.25, 0.3) is 5.78 Å².